The summed E-state index contributed by atoms with van der Waals surface area (Å²) in [6.07, 6.45) is 1.65. The lowest BCUT2D eigenvalue weighted by molar-refractivity contribution is -0.124. The molecule has 7 heteroatoms. The van der Waals surface area contributed by atoms with Gasteiger partial charge in [0, 0.05) is 27.7 Å². The Kier molecular flexibility index (Phi) is 8.59. The van der Waals surface area contributed by atoms with E-state index in [0.717, 1.165) is 14.7 Å². The summed E-state index contributed by atoms with van der Waals surface area (Å²) in [4.78, 5) is 24.0. The van der Waals surface area contributed by atoms with Crippen LogP contribution in [0.5, 0.6) is 5.75 Å². The molecule has 0 bridgehead atoms. The van der Waals surface area contributed by atoms with Gasteiger partial charge in [-0.15, -0.1) is 0 Å². The van der Waals surface area contributed by atoms with E-state index in [0.29, 0.717) is 18.0 Å². The molecule has 0 saturated carbocycles. The first-order valence-electron chi connectivity index (χ1n) is 9.73. The van der Waals surface area contributed by atoms with E-state index in [1.165, 1.54) is 6.21 Å². The summed E-state index contributed by atoms with van der Waals surface area (Å²) in [7, 11) is 0. The molecule has 0 aliphatic rings. The van der Waals surface area contributed by atoms with Gasteiger partial charge in [0.1, 0.15) is 12.4 Å². The lowest BCUT2D eigenvalue weighted by Crippen LogP contribution is -2.20. The molecule has 0 unspecified atom stereocenters. The number of amides is 2. The summed E-state index contributed by atoms with van der Waals surface area (Å²) in [5, 5.41) is 6.76. The number of para-hydroxylation sites is 1. The maximum absolute atomic E-state index is 12.0. The van der Waals surface area contributed by atoms with Crippen LogP contribution in [0.1, 0.15) is 24.0 Å². The topological polar surface area (TPSA) is 79.8 Å². The molecule has 2 N–H and O–H groups in total. The third-order valence-corrected chi connectivity index (χ3v) is 4.98. The number of ether oxygens (including phenoxy) is 1. The van der Waals surface area contributed by atoms with Gasteiger partial charge >= 0.3 is 0 Å². The Morgan fingerprint density at radius 1 is 0.871 bits per heavy atom. The van der Waals surface area contributed by atoms with E-state index in [1.807, 2.05) is 78.9 Å². The molecule has 3 aromatic carbocycles. The number of hydrogen-bond acceptors (Lipinski definition) is 4. The van der Waals surface area contributed by atoms with Crippen molar-refractivity contribution in [2.45, 2.75) is 19.4 Å². The van der Waals surface area contributed by atoms with Crippen molar-refractivity contribution in [1.29, 1.82) is 0 Å². The third-order valence-electron chi connectivity index (χ3n) is 4.26. The monoisotopic (exact) mass is 527 g/mol. The van der Waals surface area contributed by atoms with Crippen LogP contribution in [0.15, 0.2) is 84.0 Å². The van der Waals surface area contributed by atoms with E-state index in [4.69, 9.17) is 4.74 Å². The van der Waals surface area contributed by atoms with Crippen LogP contribution in [-0.2, 0) is 16.2 Å². The highest BCUT2D eigenvalue weighted by atomic mass is 127. The number of hydrazone groups is 1. The number of nitrogens with one attached hydrogen (secondary N) is 2. The normalized spacial score (nSPS) is 10.6. The zero-order valence-corrected chi connectivity index (χ0v) is 18.9. The number of nitrogens with zero attached hydrogens (tertiary/aromatic N) is 1. The van der Waals surface area contributed by atoms with Crippen LogP contribution >= 0.6 is 22.6 Å². The lowest BCUT2D eigenvalue weighted by atomic mass is 10.2. The fraction of sp³-hybridized carbons (Fsp3) is 0.125. The van der Waals surface area contributed by atoms with Gasteiger partial charge < -0.3 is 10.1 Å². The molecule has 0 aliphatic carbocycles. The van der Waals surface area contributed by atoms with Crippen molar-refractivity contribution in [1.82, 2.24) is 5.43 Å². The van der Waals surface area contributed by atoms with Gasteiger partial charge in [-0.2, -0.15) is 5.10 Å². The predicted octanol–water partition coefficient (Wildman–Crippen LogP) is 4.74. The quantitative estimate of drug-likeness (QED) is 0.240. The first-order chi connectivity index (χ1) is 15.1. The SMILES string of the molecule is O=C(CCC(=O)Nc1ccc(I)cc1)N/N=C/c1ccccc1OCc1ccccc1. The third kappa shape index (κ3) is 7.86. The van der Waals surface area contributed by atoms with E-state index < -0.39 is 0 Å². The molecule has 3 rings (SSSR count). The van der Waals surface area contributed by atoms with Crippen LogP contribution in [0.4, 0.5) is 5.69 Å². The number of anilines is 1. The van der Waals surface area contributed by atoms with Gasteiger partial charge in [-0.1, -0.05) is 42.5 Å². The molecule has 0 saturated heterocycles. The van der Waals surface area contributed by atoms with Crippen molar-refractivity contribution < 1.29 is 14.3 Å². The smallest absolute Gasteiger partial charge is 0.240 e. The van der Waals surface area contributed by atoms with Crippen LogP contribution < -0.4 is 15.5 Å². The molecule has 0 atom stereocenters. The maximum Gasteiger partial charge on any atom is 0.240 e. The van der Waals surface area contributed by atoms with Crippen LogP contribution in [0.25, 0.3) is 0 Å². The Morgan fingerprint density at radius 3 is 2.32 bits per heavy atom. The first kappa shape index (κ1) is 22.5. The van der Waals surface area contributed by atoms with Crippen LogP contribution in [0.2, 0.25) is 0 Å². The van der Waals surface area contributed by atoms with Gasteiger partial charge in [0.2, 0.25) is 11.8 Å². The fourth-order valence-corrected chi connectivity index (χ4v) is 3.03. The number of carbonyl (C=O) groups excluding carboxylic acids is 2. The Balaban J connectivity index is 1.45. The lowest BCUT2D eigenvalue weighted by Gasteiger charge is -2.09. The van der Waals surface area contributed by atoms with Crippen molar-refractivity contribution in [3.63, 3.8) is 0 Å². The summed E-state index contributed by atoms with van der Waals surface area (Å²) >= 11 is 2.19. The highest BCUT2D eigenvalue weighted by Crippen LogP contribution is 2.17. The van der Waals surface area contributed by atoms with Gasteiger partial charge in [-0.05, 0) is 64.6 Å². The minimum absolute atomic E-state index is 0.0414. The van der Waals surface area contributed by atoms with Gasteiger partial charge in [-0.25, -0.2) is 5.43 Å². The largest absolute Gasteiger partial charge is 0.488 e. The van der Waals surface area contributed by atoms with Crippen LogP contribution in [0, 0.1) is 3.57 Å². The van der Waals surface area contributed by atoms with E-state index in [2.05, 4.69) is 38.4 Å². The molecule has 2 amide bonds. The molecule has 0 radical (unpaired) electrons. The second-order valence-corrected chi connectivity index (χ2v) is 7.91. The Labute approximate surface area is 194 Å². The maximum atomic E-state index is 12.0. The highest BCUT2D eigenvalue weighted by molar-refractivity contribution is 14.1. The second kappa shape index (κ2) is 11.8. The van der Waals surface area contributed by atoms with Gasteiger partial charge in [-0.3, -0.25) is 9.59 Å². The molecule has 0 spiro atoms. The molecule has 6 nitrogen and oxygen atoms in total. The average molecular weight is 527 g/mol. The van der Waals surface area contributed by atoms with Crippen LogP contribution in [-0.4, -0.2) is 18.0 Å². The van der Waals surface area contributed by atoms with Crippen molar-refractivity contribution in [3.05, 3.63) is 93.6 Å². The molecule has 3 aromatic rings. The molecule has 0 heterocycles. The van der Waals surface area contributed by atoms with Gasteiger partial charge in [0.05, 0.1) is 6.21 Å². The minimum Gasteiger partial charge on any atom is -0.488 e. The zero-order chi connectivity index (χ0) is 21.9. The average Bonchev–Trinajstić information content (AvgIpc) is 2.79. The Morgan fingerprint density at radius 2 is 1.55 bits per heavy atom. The summed E-state index contributed by atoms with van der Waals surface area (Å²) in [5.74, 6) is 0.109. The molecule has 158 valence electrons. The number of rotatable bonds is 9. The van der Waals surface area contributed by atoms with Crippen molar-refractivity contribution in [2.24, 2.45) is 5.10 Å². The van der Waals surface area contributed by atoms with E-state index in [9.17, 15) is 9.59 Å². The molecule has 0 aliphatic heterocycles. The Bertz CT molecular complexity index is 1040. The van der Waals surface area contributed by atoms with Gasteiger partial charge in [0.25, 0.3) is 0 Å². The van der Waals surface area contributed by atoms with Gasteiger partial charge in [0.15, 0.2) is 0 Å². The summed E-state index contributed by atoms with van der Waals surface area (Å²) in [5.41, 5.74) is 4.96. The zero-order valence-electron chi connectivity index (χ0n) is 16.8. The Hall–Kier alpha value is -3.20. The standard InChI is InChI=1S/C24H22IN3O3/c25-20-10-12-21(13-11-20)27-23(29)14-15-24(30)28-26-16-19-8-4-5-9-22(19)31-17-18-6-2-1-3-7-18/h1-13,16H,14-15,17H2,(H,27,29)(H,28,30)/b26-16+. The molecule has 0 aromatic heterocycles. The molecular formula is C24H22IN3O3. The first-order valence-corrected chi connectivity index (χ1v) is 10.8. The van der Waals surface area contributed by atoms with E-state index in [-0.39, 0.29) is 24.7 Å². The second-order valence-electron chi connectivity index (χ2n) is 6.66. The van der Waals surface area contributed by atoms with Crippen LogP contribution in [0.3, 0.4) is 0 Å². The fourth-order valence-electron chi connectivity index (χ4n) is 2.67. The molecular weight excluding hydrogens is 505 g/mol. The number of carbonyl (C=O) groups is 2. The predicted molar refractivity (Wildman–Crippen MR) is 130 cm³/mol. The summed E-state index contributed by atoms with van der Waals surface area (Å²) in [6, 6.07) is 24.8. The number of hydrogen-bond donors (Lipinski definition) is 2. The van der Waals surface area contributed by atoms with Crippen molar-refractivity contribution in [2.75, 3.05) is 5.32 Å². The summed E-state index contributed by atoms with van der Waals surface area (Å²) in [6.45, 7) is 0.438. The number of halogens is 1. The number of benzene rings is 3. The van der Waals surface area contributed by atoms with Crippen molar-refractivity contribution in [3.8, 4) is 5.75 Å². The summed E-state index contributed by atoms with van der Waals surface area (Å²) < 4.78 is 6.95. The van der Waals surface area contributed by atoms with E-state index >= 15 is 0 Å². The van der Waals surface area contributed by atoms with Crippen molar-refractivity contribution >= 4 is 46.3 Å². The highest BCUT2D eigenvalue weighted by Gasteiger charge is 2.07. The molecule has 0 fully saturated rings. The minimum atomic E-state index is -0.336. The molecule has 31 heavy (non-hydrogen) atoms. The van der Waals surface area contributed by atoms with E-state index in [1.54, 1.807) is 0 Å².